The first-order valence-electron chi connectivity index (χ1n) is 8.64. The lowest BCUT2D eigenvalue weighted by Crippen LogP contribution is -2.50. The average Bonchev–Trinajstić information content (AvgIpc) is 2.92. The number of nitrogens with zero attached hydrogens (tertiary/aromatic N) is 4. The van der Waals surface area contributed by atoms with Gasteiger partial charge in [0.05, 0.1) is 30.0 Å². The van der Waals surface area contributed by atoms with Crippen molar-refractivity contribution >= 4 is 17.3 Å². The molecule has 0 amide bonds. The number of aryl methyl sites for hydroxylation is 1. The minimum Gasteiger partial charge on any atom is -0.374 e. The van der Waals surface area contributed by atoms with Crippen LogP contribution in [0.2, 0.25) is 0 Å². The van der Waals surface area contributed by atoms with E-state index in [0.717, 1.165) is 56.0 Å². The molecule has 1 aliphatic heterocycles. The topological polar surface area (TPSA) is 53.0 Å². The third kappa shape index (κ3) is 6.03. The molecular weight excluding hydrogens is 322 g/mol. The van der Waals surface area contributed by atoms with Gasteiger partial charge in [0.2, 0.25) is 0 Å². The van der Waals surface area contributed by atoms with Crippen LogP contribution in [0.15, 0.2) is 10.4 Å². The van der Waals surface area contributed by atoms with Gasteiger partial charge in [-0.15, -0.1) is 11.3 Å². The fraction of sp³-hybridized carbons (Fsp3) is 0.765. The lowest BCUT2D eigenvalue weighted by molar-refractivity contribution is -0.0286. The number of hydrogen-bond acceptors (Lipinski definition) is 5. The standard InChI is InChI=1S/C17H31N5OS/c1-13(2)9-22-6-7-23-16(11-22)8-19-17(18-4)21(5)10-15-12-24-14(3)20-15/h12-13,16H,6-11H2,1-5H3,(H,18,19). The molecule has 7 heteroatoms. The van der Waals surface area contributed by atoms with E-state index in [1.54, 1.807) is 11.3 Å². The molecule has 1 aromatic rings. The van der Waals surface area contributed by atoms with Crippen LogP contribution in [0, 0.1) is 12.8 Å². The molecular formula is C17H31N5OS. The molecule has 1 aliphatic rings. The van der Waals surface area contributed by atoms with Gasteiger partial charge >= 0.3 is 0 Å². The second kappa shape index (κ2) is 9.34. The van der Waals surface area contributed by atoms with Crippen LogP contribution >= 0.6 is 11.3 Å². The quantitative estimate of drug-likeness (QED) is 0.624. The summed E-state index contributed by atoms with van der Waals surface area (Å²) < 4.78 is 5.90. The van der Waals surface area contributed by atoms with E-state index in [9.17, 15) is 0 Å². The predicted molar refractivity (Wildman–Crippen MR) is 101 cm³/mol. The van der Waals surface area contributed by atoms with Crippen molar-refractivity contribution in [2.24, 2.45) is 10.9 Å². The van der Waals surface area contributed by atoms with Crippen LogP contribution in [0.5, 0.6) is 0 Å². The van der Waals surface area contributed by atoms with E-state index >= 15 is 0 Å². The molecule has 0 radical (unpaired) electrons. The van der Waals surface area contributed by atoms with E-state index in [1.807, 2.05) is 21.0 Å². The molecule has 1 aromatic heterocycles. The molecule has 24 heavy (non-hydrogen) atoms. The van der Waals surface area contributed by atoms with E-state index in [0.29, 0.717) is 5.92 Å². The third-order valence-corrected chi connectivity index (χ3v) is 4.80. The van der Waals surface area contributed by atoms with Gasteiger partial charge in [-0.2, -0.15) is 0 Å². The molecule has 0 saturated carbocycles. The SMILES string of the molecule is CN=C(NCC1CN(CC(C)C)CCO1)N(C)Cc1csc(C)n1. The summed E-state index contributed by atoms with van der Waals surface area (Å²) in [6.07, 6.45) is 0.212. The zero-order valence-corrected chi connectivity index (χ0v) is 16.4. The van der Waals surface area contributed by atoms with Crippen LogP contribution in [0.25, 0.3) is 0 Å². The Hall–Kier alpha value is -1.18. The number of rotatable bonds is 6. The molecule has 1 saturated heterocycles. The van der Waals surface area contributed by atoms with Crippen LogP contribution < -0.4 is 5.32 Å². The van der Waals surface area contributed by atoms with Crippen LogP contribution in [0.4, 0.5) is 0 Å². The van der Waals surface area contributed by atoms with E-state index in [4.69, 9.17) is 4.74 Å². The van der Waals surface area contributed by atoms with Crippen LogP contribution in [0.1, 0.15) is 24.5 Å². The highest BCUT2D eigenvalue weighted by atomic mass is 32.1. The molecule has 0 bridgehead atoms. The van der Waals surface area contributed by atoms with Crippen LogP contribution in [-0.2, 0) is 11.3 Å². The number of guanidine groups is 1. The third-order valence-electron chi connectivity index (χ3n) is 3.97. The van der Waals surface area contributed by atoms with Gasteiger partial charge in [0.25, 0.3) is 0 Å². The van der Waals surface area contributed by atoms with Crippen molar-refractivity contribution in [3.8, 4) is 0 Å². The Morgan fingerprint density at radius 1 is 1.58 bits per heavy atom. The van der Waals surface area contributed by atoms with Crippen molar-refractivity contribution in [1.29, 1.82) is 0 Å². The zero-order chi connectivity index (χ0) is 17.5. The lowest BCUT2D eigenvalue weighted by Gasteiger charge is -2.34. The summed E-state index contributed by atoms with van der Waals surface area (Å²) in [6.45, 7) is 12.1. The van der Waals surface area contributed by atoms with Crippen molar-refractivity contribution in [2.45, 2.75) is 33.4 Å². The number of morpholine rings is 1. The van der Waals surface area contributed by atoms with E-state index in [2.05, 4.69) is 44.3 Å². The predicted octanol–water partition coefficient (Wildman–Crippen LogP) is 1.82. The molecule has 0 spiro atoms. The number of hydrogen-bond donors (Lipinski definition) is 1. The molecule has 1 N–H and O–H groups in total. The first-order valence-corrected chi connectivity index (χ1v) is 9.52. The Kier molecular flexibility index (Phi) is 7.45. The van der Waals surface area contributed by atoms with Crippen LogP contribution in [0.3, 0.4) is 0 Å². The van der Waals surface area contributed by atoms with Crippen molar-refractivity contribution in [3.05, 3.63) is 16.1 Å². The Balaban J connectivity index is 1.80. The molecule has 1 unspecified atom stereocenters. The summed E-state index contributed by atoms with van der Waals surface area (Å²) in [6, 6.07) is 0. The summed E-state index contributed by atoms with van der Waals surface area (Å²) in [5.41, 5.74) is 1.08. The number of nitrogens with one attached hydrogen (secondary N) is 1. The highest BCUT2D eigenvalue weighted by molar-refractivity contribution is 7.09. The Labute approximate surface area is 149 Å². The molecule has 1 fully saturated rings. The highest BCUT2D eigenvalue weighted by Crippen LogP contribution is 2.10. The second-order valence-corrected chi connectivity index (χ2v) is 7.85. The van der Waals surface area contributed by atoms with E-state index < -0.39 is 0 Å². The number of thiazole rings is 1. The largest absolute Gasteiger partial charge is 0.374 e. The van der Waals surface area contributed by atoms with Gasteiger partial charge in [-0.05, 0) is 12.8 Å². The molecule has 136 valence electrons. The van der Waals surface area contributed by atoms with E-state index in [1.165, 1.54) is 0 Å². The first kappa shape index (κ1) is 19.1. The second-order valence-electron chi connectivity index (χ2n) is 6.79. The van der Waals surface area contributed by atoms with Crippen molar-refractivity contribution in [1.82, 2.24) is 20.1 Å². The van der Waals surface area contributed by atoms with Gasteiger partial charge in [-0.3, -0.25) is 9.89 Å². The monoisotopic (exact) mass is 353 g/mol. The molecule has 0 aliphatic carbocycles. The summed E-state index contributed by atoms with van der Waals surface area (Å²) in [5, 5.41) is 6.64. The fourth-order valence-electron chi connectivity index (χ4n) is 2.97. The molecule has 2 rings (SSSR count). The maximum Gasteiger partial charge on any atom is 0.193 e. The van der Waals surface area contributed by atoms with Gasteiger partial charge in [-0.25, -0.2) is 4.98 Å². The van der Waals surface area contributed by atoms with Gasteiger partial charge in [-0.1, -0.05) is 13.8 Å². The van der Waals surface area contributed by atoms with E-state index in [-0.39, 0.29) is 6.10 Å². The smallest absolute Gasteiger partial charge is 0.193 e. The number of aliphatic imine (C=N–C) groups is 1. The minimum atomic E-state index is 0.212. The minimum absolute atomic E-state index is 0.212. The van der Waals surface area contributed by atoms with Crippen molar-refractivity contribution in [3.63, 3.8) is 0 Å². The zero-order valence-electron chi connectivity index (χ0n) is 15.6. The Morgan fingerprint density at radius 3 is 3.00 bits per heavy atom. The van der Waals surface area contributed by atoms with Crippen molar-refractivity contribution in [2.75, 3.05) is 46.9 Å². The maximum atomic E-state index is 5.90. The summed E-state index contributed by atoms with van der Waals surface area (Å²) in [5.74, 6) is 1.57. The average molecular weight is 354 g/mol. The molecule has 6 nitrogen and oxygen atoms in total. The van der Waals surface area contributed by atoms with Gasteiger partial charge in [0, 0.05) is 45.7 Å². The normalized spacial score (nSPS) is 19.8. The Bertz CT molecular complexity index is 531. The maximum absolute atomic E-state index is 5.90. The van der Waals surface area contributed by atoms with Gasteiger partial charge < -0.3 is 15.0 Å². The number of ether oxygens (including phenoxy) is 1. The molecule has 1 atom stereocenters. The Morgan fingerprint density at radius 2 is 2.38 bits per heavy atom. The van der Waals surface area contributed by atoms with Crippen molar-refractivity contribution < 1.29 is 4.74 Å². The molecule has 0 aromatic carbocycles. The van der Waals surface area contributed by atoms with Gasteiger partial charge in [0.1, 0.15) is 0 Å². The summed E-state index contributed by atoms with van der Waals surface area (Å²) in [7, 11) is 3.86. The summed E-state index contributed by atoms with van der Waals surface area (Å²) >= 11 is 1.68. The lowest BCUT2D eigenvalue weighted by atomic mass is 10.2. The first-order chi connectivity index (χ1) is 11.5. The summed E-state index contributed by atoms with van der Waals surface area (Å²) in [4.78, 5) is 13.5. The highest BCUT2D eigenvalue weighted by Gasteiger charge is 2.21. The molecule has 2 heterocycles. The number of aromatic nitrogens is 1. The fourth-order valence-corrected chi connectivity index (χ4v) is 3.58. The van der Waals surface area contributed by atoms with Crippen LogP contribution in [-0.4, -0.2) is 73.7 Å². The van der Waals surface area contributed by atoms with Gasteiger partial charge in [0.15, 0.2) is 5.96 Å².